The quantitative estimate of drug-likeness (QED) is 0.422. The van der Waals surface area contributed by atoms with Gasteiger partial charge in [0.25, 0.3) is 5.91 Å². The molecule has 0 atom stereocenters. The highest BCUT2D eigenvalue weighted by Crippen LogP contribution is 2.35. The number of fused-ring (bicyclic) bond motifs is 1. The van der Waals surface area contributed by atoms with Crippen LogP contribution in [0.2, 0.25) is 0 Å². The maximum atomic E-state index is 13.1. The molecular formula is C19H23N4O5S+. The van der Waals surface area contributed by atoms with E-state index in [0.29, 0.717) is 29.5 Å². The molecule has 1 aromatic carbocycles. The summed E-state index contributed by atoms with van der Waals surface area (Å²) in [4.78, 5) is 30.7. The first-order valence-corrected chi connectivity index (χ1v) is 10.1. The van der Waals surface area contributed by atoms with Crippen LogP contribution in [0.4, 0.5) is 11.0 Å². The van der Waals surface area contributed by atoms with Crippen LogP contribution in [0.3, 0.4) is 0 Å². The lowest BCUT2D eigenvalue weighted by Crippen LogP contribution is -3.05. The van der Waals surface area contributed by atoms with Gasteiger partial charge in [-0.05, 0) is 25.1 Å². The first-order chi connectivity index (χ1) is 13.9. The second-order valence-electron chi connectivity index (χ2n) is 6.69. The average Bonchev–Trinajstić information content (AvgIpc) is 3.32. The summed E-state index contributed by atoms with van der Waals surface area (Å²) in [5, 5.41) is 11.4. The number of carbonyl (C=O) groups excluding carboxylic acids is 1. The zero-order chi connectivity index (χ0) is 21.0. The fourth-order valence-electron chi connectivity index (χ4n) is 2.85. The first-order valence-electron chi connectivity index (χ1n) is 9.28. The zero-order valence-corrected chi connectivity index (χ0v) is 17.3. The van der Waals surface area contributed by atoms with Crippen molar-refractivity contribution in [1.29, 1.82) is 0 Å². The molecule has 0 spiro atoms. The highest BCUT2D eigenvalue weighted by Gasteiger charge is 2.26. The molecule has 9 nitrogen and oxygen atoms in total. The number of rotatable bonds is 9. The van der Waals surface area contributed by atoms with Crippen LogP contribution in [0.1, 0.15) is 23.9 Å². The molecule has 29 heavy (non-hydrogen) atoms. The zero-order valence-electron chi connectivity index (χ0n) is 16.5. The van der Waals surface area contributed by atoms with Crippen molar-refractivity contribution in [3.63, 3.8) is 0 Å². The van der Waals surface area contributed by atoms with E-state index in [1.165, 1.54) is 33.3 Å². The van der Waals surface area contributed by atoms with Crippen molar-refractivity contribution in [3.8, 4) is 5.75 Å². The number of aromatic nitrogens is 1. The van der Waals surface area contributed by atoms with Crippen molar-refractivity contribution in [1.82, 2.24) is 4.98 Å². The van der Waals surface area contributed by atoms with Crippen LogP contribution >= 0.6 is 11.3 Å². The van der Waals surface area contributed by atoms with Crippen molar-refractivity contribution < 1.29 is 23.8 Å². The van der Waals surface area contributed by atoms with Crippen LogP contribution in [0.25, 0.3) is 10.2 Å². The van der Waals surface area contributed by atoms with Gasteiger partial charge in [0.15, 0.2) is 10.9 Å². The Morgan fingerprint density at radius 2 is 2.14 bits per heavy atom. The van der Waals surface area contributed by atoms with Crippen LogP contribution in [0.5, 0.6) is 5.75 Å². The number of nitrogens with zero attached hydrogens (tertiary/aromatic N) is 3. The standard InChI is InChI=1S/C19H22N4O5S/c1-4-27-13-7-5-8-15-17(13)20-19(29-15)22(12-6-11-21(2)3)18(24)14-9-10-16(28-14)23(25)26/h5,7-10H,4,6,11-12H2,1-3H3/p+1. The monoisotopic (exact) mass is 419 g/mol. The molecule has 0 fully saturated rings. The molecular weight excluding hydrogens is 396 g/mol. The van der Waals surface area contributed by atoms with Gasteiger partial charge in [0.1, 0.15) is 16.2 Å². The maximum absolute atomic E-state index is 13.1. The molecule has 2 aromatic heterocycles. The third kappa shape index (κ3) is 4.72. The minimum Gasteiger partial charge on any atom is -0.492 e. The fraction of sp³-hybridized carbons (Fsp3) is 0.368. The summed E-state index contributed by atoms with van der Waals surface area (Å²) in [6.07, 6.45) is 0.741. The van der Waals surface area contributed by atoms with E-state index in [1.807, 2.05) is 39.2 Å². The molecule has 0 radical (unpaired) electrons. The summed E-state index contributed by atoms with van der Waals surface area (Å²) in [6.45, 7) is 3.69. The van der Waals surface area contributed by atoms with Crippen molar-refractivity contribution in [3.05, 3.63) is 46.2 Å². The number of amides is 1. The number of hydrogen-bond acceptors (Lipinski definition) is 7. The van der Waals surface area contributed by atoms with Gasteiger partial charge < -0.3 is 14.1 Å². The minimum absolute atomic E-state index is 0.0850. The molecule has 0 aliphatic rings. The van der Waals surface area contributed by atoms with E-state index in [-0.39, 0.29) is 5.76 Å². The van der Waals surface area contributed by atoms with Gasteiger partial charge in [-0.3, -0.25) is 19.8 Å². The van der Waals surface area contributed by atoms with Crippen LogP contribution in [-0.4, -0.2) is 49.6 Å². The molecule has 3 aromatic rings. The van der Waals surface area contributed by atoms with Crippen LogP contribution in [0.15, 0.2) is 34.7 Å². The number of furan rings is 1. The number of quaternary nitrogens is 1. The summed E-state index contributed by atoms with van der Waals surface area (Å²) in [5.74, 6) is -0.345. The number of para-hydroxylation sites is 1. The van der Waals surface area contributed by atoms with Gasteiger partial charge in [0, 0.05) is 13.0 Å². The smallest absolute Gasteiger partial charge is 0.433 e. The largest absolute Gasteiger partial charge is 0.492 e. The summed E-state index contributed by atoms with van der Waals surface area (Å²) in [7, 11) is 4.07. The minimum atomic E-state index is -0.664. The number of nitrogens with one attached hydrogen (secondary N) is 1. The van der Waals surface area contributed by atoms with Gasteiger partial charge in [-0.2, -0.15) is 0 Å². The third-order valence-corrected chi connectivity index (χ3v) is 5.23. The molecule has 0 unspecified atom stereocenters. The molecule has 10 heteroatoms. The van der Waals surface area contributed by atoms with E-state index in [1.54, 1.807) is 0 Å². The van der Waals surface area contributed by atoms with E-state index < -0.39 is 16.7 Å². The lowest BCUT2D eigenvalue weighted by molar-refractivity contribution is -0.858. The van der Waals surface area contributed by atoms with Crippen molar-refractivity contribution in [2.45, 2.75) is 13.3 Å². The van der Waals surface area contributed by atoms with Gasteiger partial charge >= 0.3 is 5.88 Å². The number of ether oxygens (including phenoxy) is 1. The van der Waals surface area contributed by atoms with E-state index >= 15 is 0 Å². The SMILES string of the molecule is CCOc1cccc2sc(N(CCC[NH+](C)C)C(=O)c3ccc([N+](=O)[O-])o3)nc12. The third-order valence-electron chi connectivity index (χ3n) is 4.19. The highest BCUT2D eigenvalue weighted by molar-refractivity contribution is 7.22. The van der Waals surface area contributed by atoms with Crippen LogP contribution in [-0.2, 0) is 0 Å². The van der Waals surface area contributed by atoms with Crippen LogP contribution in [0, 0.1) is 10.1 Å². The topological polar surface area (TPSA) is 103 Å². The molecule has 0 aliphatic carbocycles. The predicted octanol–water partition coefficient (Wildman–Crippen LogP) is 2.38. The molecule has 0 bridgehead atoms. The Morgan fingerprint density at radius 1 is 1.34 bits per heavy atom. The Balaban J connectivity index is 1.96. The van der Waals surface area contributed by atoms with Crippen molar-refractivity contribution in [2.75, 3.05) is 38.7 Å². The summed E-state index contributed by atoms with van der Waals surface area (Å²) in [5.41, 5.74) is 0.691. The Bertz CT molecular complexity index is 1010. The number of carbonyl (C=O) groups is 1. The molecule has 1 N–H and O–H groups in total. The number of nitro groups is 1. The number of benzene rings is 1. The van der Waals surface area contributed by atoms with E-state index in [2.05, 4.69) is 4.98 Å². The second kappa shape index (κ2) is 9.01. The average molecular weight is 419 g/mol. The maximum Gasteiger partial charge on any atom is 0.433 e. The normalized spacial score (nSPS) is 11.2. The highest BCUT2D eigenvalue weighted by atomic mass is 32.1. The number of hydrogen-bond donors (Lipinski definition) is 1. The Labute approximate surface area is 171 Å². The van der Waals surface area contributed by atoms with Crippen molar-refractivity contribution >= 4 is 38.5 Å². The first kappa shape index (κ1) is 20.7. The fourth-order valence-corrected chi connectivity index (χ4v) is 3.86. The predicted molar refractivity (Wildman–Crippen MR) is 110 cm³/mol. The molecule has 0 aliphatic heterocycles. The number of anilines is 1. The summed E-state index contributed by atoms with van der Waals surface area (Å²) < 4.78 is 11.7. The lowest BCUT2D eigenvalue weighted by Gasteiger charge is -2.19. The van der Waals surface area contributed by atoms with Gasteiger partial charge in [-0.1, -0.05) is 17.4 Å². The Kier molecular flexibility index (Phi) is 6.45. The molecule has 2 heterocycles. The Hall–Kier alpha value is -2.98. The van der Waals surface area contributed by atoms with Crippen LogP contribution < -0.4 is 14.5 Å². The second-order valence-corrected chi connectivity index (χ2v) is 7.70. The molecule has 0 saturated carbocycles. The summed E-state index contributed by atoms with van der Waals surface area (Å²) >= 11 is 1.37. The summed E-state index contributed by atoms with van der Waals surface area (Å²) in [6, 6.07) is 8.15. The molecule has 3 rings (SSSR count). The van der Waals surface area contributed by atoms with Gasteiger partial charge in [0.05, 0.1) is 38.0 Å². The Morgan fingerprint density at radius 3 is 2.79 bits per heavy atom. The lowest BCUT2D eigenvalue weighted by atomic mass is 10.3. The molecule has 1 amide bonds. The molecule has 0 saturated heterocycles. The number of thiazole rings is 1. The molecule has 154 valence electrons. The van der Waals surface area contributed by atoms with E-state index in [9.17, 15) is 14.9 Å². The van der Waals surface area contributed by atoms with Gasteiger partial charge in [0.2, 0.25) is 0 Å². The van der Waals surface area contributed by atoms with Crippen molar-refractivity contribution in [2.24, 2.45) is 0 Å². The van der Waals surface area contributed by atoms with E-state index in [4.69, 9.17) is 9.15 Å². The van der Waals surface area contributed by atoms with Gasteiger partial charge in [-0.15, -0.1) is 0 Å². The van der Waals surface area contributed by atoms with Gasteiger partial charge in [-0.25, -0.2) is 4.98 Å². The van der Waals surface area contributed by atoms with E-state index in [0.717, 1.165) is 17.7 Å².